The molecule has 6 nitrogen and oxygen atoms in total. The molecule has 0 saturated heterocycles. The van der Waals surface area contributed by atoms with Gasteiger partial charge in [-0.2, -0.15) is 16.8 Å². The van der Waals surface area contributed by atoms with Crippen molar-refractivity contribution < 1.29 is 25.9 Å². The molecule has 0 unspecified atom stereocenters. The SMILES string of the molecule is O=S(=O)(O)C(c1cccc2ccccc12)(c1cccc2ccccc12)S(=O)(=O)O.[CaH2]. The molecule has 0 saturated carbocycles. The van der Waals surface area contributed by atoms with Crippen LogP contribution in [0.5, 0.6) is 0 Å². The van der Waals surface area contributed by atoms with E-state index in [1.165, 1.54) is 24.3 Å². The van der Waals surface area contributed by atoms with Gasteiger partial charge in [0.05, 0.1) is 0 Å². The Labute approximate surface area is 204 Å². The van der Waals surface area contributed by atoms with Gasteiger partial charge in [-0.3, -0.25) is 9.11 Å². The second kappa shape index (κ2) is 8.20. The van der Waals surface area contributed by atoms with Crippen molar-refractivity contribution in [3.63, 3.8) is 0 Å². The van der Waals surface area contributed by atoms with Crippen LogP contribution in [0.15, 0.2) is 84.9 Å². The standard InChI is InChI=1S/C21H16O6S2.Ca.2H/c22-28(23,24)21(29(25,26)27,19-13-5-9-15-7-1-3-11-17(15)19)20-14-6-10-16-8-2-4-12-18(16)20;;;/h1-14H,(H,22,23,24)(H,25,26,27);;;. The monoisotopic (exact) mass is 470 g/mol. The van der Waals surface area contributed by atoms with Gasteiger partial charge in [0.15, 0.2) is 0 Å². The zero-order valence-corrected chi connectivity index (χ0v) is 16.6. The summed E-state index contributed by atoms with van der Waals surface area (Å²) in [6.45, 7) is 0. The van der Waals surface area contributed by atoms with E-state index < -0.39 is 24.3 Å². The van der Waals surface area contributed by atoms with Crippen molar-refractivity contribution in [2.75, 3.05) is 0 Å². The molecule has 0 amide bonds. The quantitative estimate of drug-likeness (QED) is 0.351. The predicted octanol–water partition coefficient (Wildman–Crippen LogP) is 3.05. The number of rotatable bonds is 4. The maximum atomic E-state index is 12.8. The third-order valence-corrected chi connectivity index (χ3v) is 8.61. The molecule has 9 heteroatoms. The van der Waals surface area contributed by atoms with E-state index in [1.54, 1.807) is 60.7 Å². The third kappa shape index (κ3) is 3.46. The van der Waals surface area contributed by atoms with Crippen molar-refractivity contribution in [2.45, 2.75) is 4.08 Å². The number of hydrogen-bond acceptors (Lipinski definition) is 4. The van der Waals surface area contributed by atoms with Gasteiger partial charge < -0.3 is 0 Å². The number of hydrogen-bond donors (Lipinski definition) is 2. The molecular weight excluding hydrogens is 452 g/mol. The summed E-state index contributed by atoms with van der Waals surface area (Å²) < 4.78 is 68.7. The molecule has 4 rings (SSSR count). The fourth-order valence-electron chi connectivity index (χ4n) is 3.86. The van der Waals surface area contributed by atoms with Crippen LogP contribution >= 0.6 is 0 Å². The van der Waals surface area contributed by atoms with Crippen LogP contribution in [0.4, 0.5) is 0 Å². The van der Waals surface area contributed by atoms with Crippen LogP contribution in [0.3, 0.4) is 0 Å². The molecule has 0 aliphatic heterocycles. The molecule has 0 fully saturated rings. The molecule has 0 bridgehead atoms. The van der Waals surface area contributed by atoms with Crippen molar-refractivity contribution in [3.8, 4) is 0 Å². The van der Waals surface area contributed by atoms with Gasteiger partial charge in [0.25, 0.3) is 24.3 Å². The van der Waals surface area contributed by atoms with Crippen molar-refractivity contribution in [3.05, 3.63) is 96.1 Å². The van der Waals surface area contributed by atoms with Crippen molar-refractivity contribution in [2.24, 2.45) is 0 Å². The van der Waals surface area contributed by atoms with E-state index in [2.05, 4.69) is 0 Å². The molecule has 0 heterocycles. The second-order valence-corrected chi connectivity index (χ2v) is 10.0. The van der Waals surface area contributed by atoms with E-state index in [0.717, 1.165) is 0 Å². The van der Waals surface area contributed by atoms with Crippen molar-refractivity contribution in [1.29, 1.82) is 0 Å². The Balaban J connectivity index is 0.00000256. The fraction of sp³-hybridized carbons (Fsp3) is 0.0476. The maximum absolute atomic E-state index is 12.8. The molecule has 0 aromatic heterocycles. The van der Waals surface area contributed by atoms with Crippen LogP contribution < -0.4 is 0 Å². The van der Waals surface area contributed by atoms with E-state index in [-0.39, 0.29) is 59.6 Å². The average molecular weight is 471 g/mol. The molecule has 4 aromatic rings. The van der Waals surface area contributed by atoms with Gasteiger partial charge in [0.1, 0.15) is 0 Å². The summed E-state index contributed by atoms with van der Waals surface area (Å²) in [7, 11) is -10.8. The number of benzene rings is 4. The van der Waals surface area contributed by atoms with Gasteiger partial charge in [-0.1, -0.05) is 84.9 Å². The Morgan fingerprint density at radius 3 is 1.23 bits per heavy atom. The van der Waals surface area contributed by atoms with Crippen molar-refractivity contribution in [1.82, 2.24) is 0 Å². The summed E-state index contributed by atoms with van der Waals surface area (Å²) in [6, 6.07) is 22.0. The van der Waals surface area contributed by atoms with Gasteiger partial charge in [-0.15, -0.1) is 0 Å². The molecule has 0 aliphatic rings. The Kier molecular flexibility index (Phi) is 6.33. The van der Waals surface area contributed by atoms with Crippen LogP contribution in [0, 0.1) is 0 Å². The first-order valence-corrected chi connectivity index (χ1v) is 11.5. The van der Waals surface area contributed by atoms with Gasteiger partial charge in [0.2, 0.25) is 0 Å². The molecule has 2 N–H and O–H groups in total. The molecule has 0 aliphatic carbocycles. The molecule has 4 aromatic carbocycles. The summed E-state index contributed by atoms with van der Waals surface area (Å²) >= 11 is 0. The van der Waals surface area contributed by atoms with Crippen LogP contribution in [0.2, 0.25) is 0 Å². The number of fused-ring (bicyclic) bond motifs is 2. The summed E-state index contributed by atoms with van der Waals surface area (Å²) in [4.78, 5) is 0. The van der Waals surface area contributed by atoms with E-state index in [1.807, 2.05) is 0 Å². The van der Waals surface area contributed by atoms with E-state index in [0.29, 0.717) is 10.8 Å². The summed E-state index contributed by atoms with van der Waals surface area (Å²) in [6.07, 6.45) is 0. The Hall–Kier alpha value is -1.52. The van der Waals surface area contributed by atoms with Gasteiger partial charge in [0, 0.05) is 11.1 Å². The first-order valence-electron chi connectivity index (χ1n) is 8.58. The van der Waals surface area contributed by atoms with Crippen LogP contribution in [0.25, 0.3) is 21.5 Å². The van der Waals surface area contributed by atoms with E-state index in [4.69, 9.17) is 0 Å². The van der Waals surface area contributed by atoms with Crippen LogP contribution in [0.1, 0.15) is 11.1 Å². The predicted molar refractivity (Wildman–Crippen MR) is 120 cm³/mol. The minimum atomic E-state index is -5.41. The van der Waals surface area contributed by atoms with Crippen LogP contribution in [-0.4, -0.2) is 63.7 Å². The minimum absolute atomic E-state index is 0. The average Bonchev–Trinajstić information content (AvgIpc) is 2.67. The zero-order chi connectivity index (χ0) is 20.9. The summed E-state index contributed by atoms with van der Waals surface area (Å²) in [5.41, 5.74) is -0.506. The fourth-order valence-corrected chi connectivity index (χ4v) is 6.75. The second-order valence-electron chi connectivity index (χ2n) is 6.62. The Morgan fingerprint density at radius 2 is 0.867 bits per heavy atom. The van der Waals surface area contributed by atoms with E-state index in [9.17, 15) is 25.9 Å². The first-order chi connectivity index (χ1) is 13.7. The van der Waals surface area contributed by atoms with Gasteiger partial charge in [-0.25, -0.2) is 0 Å². The Bertz CT molecular complexity index is 1340. The normalized spacial score (nSPS) is 12.6. The summed E-state index contributed by atoms with van der Waals surface area (Å²) in [5, 5.41) is 1.67. The molecule has 0 atom stereocenters. The van der Waals surface area contributed by atoms with Gasteiger partial charge in [-0.05, 0) is 21.5 Å². The Morgan fingerprint density at radius 1 is 0.533 bits per heavy atom. The molecule has 0 radical (unpaired) electrons. The molecular formula is C21H18CaO6S2. The molecule has 30 heavy (non-hydrogen) atoms. The molecule has 152 valence electrons. The van der Waals surface area contributed by atoms with Crippen molar-refractivity contribution >= 4 is 79.5 Å². The topological polar surface area (TPSA) is 109 Å². The zero-order valence-electron chi connectivity index (χ0n) is 14.9. The molecule has 0 spiro atoms. The summed E-state index contributed by atoms with van der Waals surface area (Å²) in [5.74, 6) is 0. The van der Waals surface area contributed by atoms with Crippen LogP contribution in [-0.2, 0) is 24.3 Å². The van der Waals surface area contributed by atoms with Gasteiger partial charge >= 0.3 is 37.7 Å². The van der Waals surface area contributed by atoms with E-state index >= 15 is 0 Å². The first kappa shape index (κ1) is 23.1. The third-order valence-electron chi connectivity index (χ3n) is 5.01.